The van der Waals surface area contributed by atoms with Crippen LogP contribution in [0.4, 0.5) is 0 Å². The molecular formula is C9H10ClN3O2S. The van der Waals surface area contributed by atoms with Gasteiger partial charge in [0.1, 0.15) is 4.90 Å². The highest BCUT2D eigenvalue weighted by molar-refractivity contribution is 8.14. The number of aryl methyl sites for hydroxylation is 3. The Kier molecular flexibility index (Phi) is 2.43. The second kappa shape index (κ2) is 3.43. The zero-order chi connectivity index (χ0) is 12.1. The summed E-state index contributed by atoms with van der Waals surface area (Å²) in [5, 5.41) is 4.11. The highest BCUT2D eigenvalue weighted by Crippen LogP contribution is 2.24. The van der Waals surface area contributed by atoms with Crippen molar-refractivity contribution in [3.05, 3.63) is 23.1 Å². The quantitative estimate of drug-likeness (QED) is 0.730. The van der Waals surface area contributed by atoms with E-state index in [0.29, 0.717) is 5.69 Å². The SMILES string of the molecule is Cc1cc(C)n2nc(C)c(S(=O)(=O)Cl)c2n1. The van der Waals surface area contributed by atoms with Crippen LogP contribution in [0.15, 0.2) is 11.0 Å². The first-order chi connectivity index (χ1) is 7.30. The van der Waals surface area contributed by atoms with Crippen molar-refractivity contribution < 1.29 is 8.42 Å². The van der Waals surface area contributed by atoms with Gasteiger partial charge in [-0.3, -0.25) is 0 Å². The van der Waals surface area contributed by atoms with Gasteiger partial charge in [-0.15, -0.1) is 0 Å². The predicted octanol–water partition coefficient (Wildman–Crippen LogP) is 1.58. The third-order valence-corrected chi connectivity index (χ3v) is 3.69. The van der Waals surface area contributed by atoms with Gasteiger partial charge in [-0.25, -0.2) is 17.9 Å². The Morgan fingerprint density at radius 3 is 2.50 bits per heavy atom. The summed E-state index contributed by atoms with van der Waals surface area (Å²) in [4.78, 5) is 4.15. The van der Waals surface area contributed by atoms with Gasteiger partial charge in [0.15, 0.2) is 5.65 Å². The lowest BCUT2D eigenvalue weighted by Crippen LogP contribution is -1.99. The molecule has 0 bridgehead atoms. The second-order valence-electron chi connectivity index (χ2n) is 3.63. The van der Waals surface area contributed by atoms with E-state index in [4.69, 9.17) is 10.7 Å². The van der Waals surface area contributed by atoms with Gasteiger partial charge in [-0.1, -0.05) is 0 Å². The number of fused-ring (bicyclic) bond motifs is 1. The van der Waals surface area contributed by atoms with E-state index in [-0.39, 0.29) is 10.5 Å². The third kappa shape index (κ3) is 1.68. The van der Waals surface area contributed by atoms with Crippen LogP contribution in [-0.2, 0) is 9.05 Å². The number of hydrogen-bond acceptors (Lipinski definition) is 4. The molecule has 0 amide bonds. The maximum absolute atomic E-state index is 11.4. The van der Waals surface area contributed by atoms with E-state index < -0.39 is 9.05 Å². The molecule has 2 aromatic heterocycles. The summed E-state index contributed by atoms with van der Waals surface area (Å²) in [6.45, 7) is 5.22. The molecule has 0 spiro atoms. The van der Waals surface area contributed by atoms with E-state index in [1.54, 1.807) is 13.8 Å². The van der Waals surface area contributed by atoms with Crippen molar-refractivity contribution >= 4 is 25.4 Å². The van der Waals surface area contributed by atoms with Gasteiger partial charge in [0, 0.05) is 22.1 Å². The Hall–Kier alpha value is -1.14. The fourth-order valence-electron chi connectivity index (χ4n) is 1.69. The average Bonchev–Trinajstić information content (AvgIpc) is 2.40. The Morgan fingerprint density at radius 1 is 1.31 bits per heavy atom. The summed E-state index contributed by atoms with van der Waals surface area (Å²) in [7, 11) is 1.54. The molecule has 0 saturated heterocycles. The molecule has 7 heteroatoms. The number of nitrogens with zero attached hydrogens (tertiary/aromatic N) is 3. The standard InChI is InChI=1S/C9H10ClN3O2S/c1-5-4-6(2)13-9(11-5)8(7(3)12-13)16(10,14)15/h4H,1-3H3. The molecule has 0 aliphatic heterocycles. The van der Waals surface area contributed by atoms with Crippen LogP contribution in [0.5, 0.6) is 0 Å². The first-order valence-corrected chi connectivity index (χ1v) is 6.90. The van der Waals surface area contributed by atoms with E-state index in [0.717, 1.165) is 11.4 Å². The van der Waals surface area contributed by atoms with Crippen LogP contribution in [0.1, 0.15) is 17.1 Å². The van der Waals surface area contributed by atoms with E-state index in [9.17, 15) is 8.42 Å². The van der Waals surface area contributed by atoms with Crippen LogP contribution in [0.3, 0.4) is 0 Å². The summed E-state index contributed by atoms with van der Waals surface area (Å²) in [5.41, 5.74) is 2.19. The first-order valence-electron chi connectivity index (χ1n) is 4.59. The molecule has 2 aromatic rings. The molecule has 0 unspecified atom stereocenters. The molecule has 0 radical (unpaired) electrons. The molecule has 86 valence electrons. The van der Waals surface area contributed by atoms with Crippen molar-refractivity contribution in [2.75, 3.05) is 0 Å². The van der Waals surface area contributed by atoms with Crippen molar-refractivity contribution in [2.45, 2.75) is 25.7 Å². The van der Waals surface area contributed by atoms with Crippen molar-refractivity contribution in [3.63, 3.8) is 0 Å². The average molecular weight is 260 g/mol. The van der Waals surface area contributed by atoms with Crippen molar-refractivity contribution in [1.29, 1.82) is 0 Å². The third-order valence-electron chi connectivity index (χ3n) is 2.26. The van der Waals surface area contributed by atoms with Gasteiger partial charge in [0.25, 0.3) is 9.05 Å². The monoisotopic (exact) mass is 259 g/mol. The number of hydrogen-bond donors (Lipinski definition) is 0. The van der Waals surface area contributed by atoms with Gasteiger partial charge in [-0.2, -0.15) is 5.10 Å². The van der Waals surface area contributed by atoms with Crippen LogP contribution < -0.4 is 0 Å². The van der Waals surface area contributed by atoms with E-state index in [1.165, 1.54) is 4.52 Å². The number of halogens is 1. The largest absolute Gasteiger partial charge is 0.266 e. The maximum Gasteiger partial charge on any atom is 0.266 e. The lowest BCUT2D eigenvalue weighted by molar-refractivity contribution is 0.609. The zero-order valence-corrected chi connectivity index (χ0v) is 10.6. The molecule has 5 nitrogen and oxygen atoms in total. The summed E-state index contributed by atoms with van der Waals surface area (Å²) < 4.78 is 24.3. The molecule has 0 saturated carbocycles. The summed E-state index contributed by atoms with van der Waals surface area (Å²) in [5.74, 6) is 0. The van der Waals surface area contributed by atoms with Crippen molar-refractivity contribution in [2.24, 2.45) is 0 Å². The normalized spacial score (nSPS) is 12.2. The minimum atomic E-state index is -3.82. The van der Waals surface area contributed by atoms with Crippen molar-refractivity contribution in [3.8, 4) is 0 Å². The molecule has 0 aromatic carbocycles. The van der Waals surface area contributed by atoms with E-state index >= 15 is 0 Å². The smallest absolute Gasteiger partial charge is 0.233 e. The Bertz CT molecular complexity index is 676. The van der Waals surface area contributed by atoms with Gasteiger partial charge in [-0.05, 0) is 26.8 Å². The van der Waals surface area contributed by atoms with Crippen LogP contribution in [0.2, 0.25) is 0 Å². The minimum Gasteiger partial charge on any atom is -0.233 e. The highest BCUT2D eigenvalue weighted by atomic mass is 35.7. The molecule has 0 fully saturated rings. The molecule has 2 rings (SSSR count). The number of aromatic nitrogens is 3. The second-order valence-corrected chi connectivity index (χ2v) is 6.13. The lowest BCUT2D eigenvalue weighted by atomic mass is 10.3. The predicted molar refractivity (Wildman–Crippen MR) is 60.2 cm³/mol. The minimum absolute atomic E-state index is 0.0130. The fraction of sp³-hybridized carbons (Fsp3) is 0.333. The Morgan fingerprint density at radius 2 is 1.94 bits per heavy atom. The summed E-state index contributed by atoms with van der Waals surface area (Å²) >= 11 is 0. The number of rotatable bonds is 1. The van der Waals surface area contributed by atoms with Gasteiger partial charge in [0.05, 0.1) is 5.69 Å². The van der Waals surface area contributed by atoms with Crippen LogP contribution in [-0.4, -0.2) is 23.0 Å². The summed E-state index contributed by atoms with van der Waals surface area (Å²) in [6.07, 6.45) is 0. The van der Waals surface area contributed by atoms with Crippen LogP contribution >= 0.6 is 10.7 Å². The Balaban J connectivity index is 3.01. The van der Waals surface area contributed by atoms with Crippen molar-refractivity contribution in [1.82, 2.24) is 14.6 Å². The molecule has 16 heavy (non-hydrogen) atoms. The van der Waals surface area contributed by atoms with Crippen LogP contribution in [0, 0.1) is 20.8 Å². The fourth-order valence-corrected chi connectivity index (χ4v) is 2.98. The van der Waals surface area contributed by atoms with E-state index in [1.807, 2.05) is 13.0 Å². The van der Waals surface area contributed by atoms with Gasteiger partial charge >= 0.3 is 0 Å². The molecule has 0 N–H and O–H groups in total. The van der Waals surface area contributed by atoms with Gasteiger partial charge in [0.2, 0.25) is 0 Å². The van der Waals surface area contributed by atoms with E-state index in [2.05, 4.69) is 10.1 Å². The molecule has 0 aliphatic rings. The van der Waals surface area contributed by atoms with Gasteiger partial charge < -0.3 is 0 Å². The molecule has 0 aliphatic carbocycles. The maximum atomic E-state index is 11.4. The first kappa shape index (κ1) is 11.3. The topological polar surface area (TPSA) is 64.3 Å². The zero-order valence-electron chi connectivity index (χ0n) is 9.02. The lowest BCUT2D eigenvalue weighted by Gasteiger charge is -2.00. The highest BCUT2D eigenvalue weighted by Gasteiger charge is 2.23. The molecular weight excluding hydrogens is 250 g/mol. The Labute approximate surface area is 97.5 Å². The molecule has 2 heterocycles. The van der Waals surface area contributed by atoms with Crippen LogP contribution in [0.25, 0.3) is 5.65 Å². The molecule has 0 atom stereocenters. The summed E-state index contributed by atoms with van der Waals surface area (Å²) in [6, 6.07) is 1.82.